The maximum atomic E-state index is 11.1. The van der Waals surface area contributed by atoms with Crippen LogP contribution in [0.3, 0.4) is 0 Å². The third-order valence-electron chi connectivity index (χ3n) is 2.15. The number of urea groups is 1. The molecule has 0 aliphatic heterocycles. The summed E-state index contributed by atoms with van der Waals surface area (Å²) >= 11 is 0. The van der Waals surface area contributed by atoms with Crippen LogP contribution in [0.25, 0.3) is 0 Å². The van der Waals surface area contributed by atoms with E-state index in [1.54, 1.807) is 30.3 Å². The van der Waals surface area contributed by atoms with E-state index in [9.17, 15) is 9.59 Å². The van der Waals surface area contributed by atoms with E-state index in [-0.39, 0.29) is 0 Å². The predicted molar refractivity (Wildman–Crippen MR) is 54.1 cm³/mol. The minimum absolute atomic E-state index is 0.469. The Morgan fingerprint density at radius 3 is 2.27 bits per heavy atom. The zero-order valence-corrected chi connectivity index (χ0v) is 8.23. The highest BCUT2D eigenvalue weighted by Gasteiger charge is 2.36. The molecule has 0 aliphatic rings. The van der Waals surface area contributed by atoms with Crippen LogP contribution in [0.5, 0.6) is 0 Å². The number of carboxylic acid groups (broad SMARTS) is 1. The molecule has 80 valence electrons. The smallest absolute Gasteiger partial charge is 0.333 e. The number of primary amides is 1. The van der Waals surface area contributed by atoms with Gasteiger partial charge in [-0.15, -0.1) is 0 Å². The van der Waals surface area contributed by atoms with Crippen molar-refractivity contribution in [3.05, 3.63) is 35.9 Å². The highest BCUT2D eigenvalue weighted by molar-refractivity contribution is 5.86. The lowest BCUT2D eigenvalue weighted by Gasteiger charge is -2.25. The van der Waals surface area contributed by atoms with Crippen molar-refractivity contribution >= 4 is 12.0 Å². The van der Waals surface area contributed by atoms with Gasteiger partial charge in [-0.2, -0.15) is 0 Å². The first-order valence-electron chi connectivity index (χ1n) is 4.33. The molecule has 4 N–H and O–H groups in total. The molecule has 0 fully saturated rings. The summed E-state index contributed by atoms with van der Waals surface area (Å²) in [7, 11) is 0. The fourth-order valence-electron chi connectivity index (χ4n) is 1.27. The van der Waals surface area contributed by atoms with E-state index in [0.717, 1.165) is 0 Å². The summed E-state index contributed by atoms with van der Waals surface area (Å²) in [4.78, 5) is 21.8. The molecule has 1 aromatic rings. The first-order chi connectivity index (χ1) is 6.97. The number of hydrogen-bond acceptors (Lipinski definition) is 2. The zero-order chi connectivity index (χ0) is 11.5. The second kappa shape index (κ2) is 4.00. The Labute approximate surface area is 86.9 Å². The molecule has 1 atom stereocenters. The summed E-state index contributed by atoms with van der Waals surface area (Å²) in [6.07, 6.45) is 0. The molecular formula is C10H12N2O3. The summed E-state index contributed by atoms with van der Waals surface area (Å²) in [5, 5.41) is 11.3. The first kappa shape index (κ1) is 11.0. The molecule has 0 aromatic heterocycles. The molecule has 0 aliphatic carbocycles. The van der Waals surface area contributed by atoms with Crippen LogP contribution in [0.4, 0.5) is 4.79 Å². The molecule has 0 radical (unpaired) electrons. The summed E-state index contributed by atoms with van der Waals surface area (Å²) in [5.74, 6) is -1.16. The summed E-state index contributed by atoms with van der Waals surface area (Å²) < 4.78 is 0. The van der Waals surface area contributed by atoms with Crippen LogP contribution in [0.15, 0.2) is 30.3 Å². The van der Waals surface area contributed by atoms with Crippen LogP contribution < -0.4 is 11.1 Å². The van der Waals surface area contributed by atoms with Gasteiger partial charge in [0.25, 0.3) is 0 Å². The normalized spacial score (nSPS) is 13.9. The number of benzene rings is 1. The van der Waals surface area contributed by atoms with Crippen molar-refractivity contribution in [1.29, 1.82) is 0 Å². The molecule has 0 bridgehead atoms. The fraction of sp³-hybridized carbons (Fsp3) is 0.200. The van der Waals surface area contributed by atoms with E-state index in [2.05, 4.69) is 5.32 Å². The Kier molecular flexibility index (Phi) is 2.94. The van der Waals surface area contributed by atoms with Crippen molar-refractivity contribution in [2.24, 2.45) is 5.73 Å². The number of rotatable bonds is 3. The summed E-state index contributed by atoms with van der Waals surface area (Å²) in [6.45, 7) is 1.38. The van der Waals surface area contributed by atoms with Crippen molar-refractivity contribution in [3.8, 4) is 0 Å². The lowest BCUT2D eigenvalue weighted by molar-refractivity contribution is -0.144. The van der Waals surface area contributed by atoms with Gasteiger partial charge in [0.05, 0.1) is 0 Å². The third kappa shape index (κ3) is 2.25. The van der Waals surface area contributed by atoms with Crippen LogP contribution in [-0.4, -0.2) is 17.1 Å². The molecule has 5 nitrogen and oxygen atoms in total. The molecule has 0 saturated heterocycles. The zero-order valence-electron chi connectivity index (χ0n) is 8.23. The third-order valence-corrected chi connectivity index (χ3v) is 2.15. The number of nitrogens with two attached hydrogens (primary N) is 1. The Morgan fingerprint density at radius 2 is 1.87 bits per heavy atom. The number of carbonyl (C=O) groups is 2. The average Bonchev–Trinajstić information content (AvgIpc) is 2.17. The predicted octanol–water partition coefficient (Wildman–Crippen LogP) is 0.655. The van der Waals surface area contributed by atoms with Gasteiger partial charge in [-0.3, -0.25) is 0 Å². The fourth-order valence-corrected chi connectivity index (χ4v) is 1.27. The number of carboxylic acids is 1. The van der Waals surface area contributed by atoms with E-state index in [4.69, 9.17) is 10.8 Å². The minimum atomic E-state index is -1.49. The molecule has 5 heteroatoms. The molecule has 0 heterocycles. The van der Waals surface area contributed by atoms with Gasteiger partial charge in [-0.25, -0.2) is 9.59 Å². The van der Waals surface area contributed by atoms with Crippen molar-refractivity contribution in [3.63, 3.8) is 0 Å². The van der Waals surface area contributed by atoms with Gasteiger partial charge in [0, 0.05) is 0 Å². The molecule has 1 rings (SSSR count). The molecule has 1 unspecified atom stereocenters. The quantitative estimate of drug-likeness (QED) is 0.681. The summed E-state index contributed by atoms with van der Waals surface area (Å²) in [6, 6.07) is 7.51. The molecule has 1 aromatic carbocycles. The molecule has 2 amide bonds. The van der Waals surface area contributed by atoms with Crippen LogP contribution in [-0.2, 0) is 10.3 Å². The van der Waals surface area contributed by atoms with Crippen molar-refractivity contribution < 1.29 is 14.7 Å². The Hall–Kier alpha value is -2.04. The summed E-state index contributed by atoms with van der Waals surface area (Å²) in [5.41, 5.74) is 3.92. The topological polar surface area (TPSA) is 92.4 Å². The van der Waals surface area contributed by atoms with Crippen molar-refractivity contribution in [1.82, 2.24) is 5.32 Å². The lowest BCUT2D eigenvalue weighted by atomic mass is 9.92. The number of nitrogens with one attached hydrogen (secondary N) is 1. The maximum Gasteiger partial charge on any atom is 0.333 e. The van der Waals surface area contributed by atoms with E-state index in [1.165, 1.54) is 6.92 Å². The van der Waals surface area contributed by atoms with E-state index in [1.807, 2.05) is 0 Å². The highest BCUT2D eigenvalue weighted by atomic mass is 16.4. The number of carbonyl (C=O) groups excluding carboxylic acids is 1. The monoisotopic (exact) mass is 208 g/mol. The number of aliphatic carboxylic acids is 1. The van der Waals surface area contributed by atoms with E-state index < -0.39 is 17.5 Å². The second-order valence-corrected chi connectivity index (χ2v) is 3.29. The minimum Gasteiger partial charge on any atom is -0.479 e. The lowest BCUT2D eigenvalue weighted by Crippen LogP contribution is -2.51. The van der Waals surface area contributed by atoms with Crippen LogP contribution in [0, 0.1) is 0 Å². The molecular weight excluding hydrogens is 196 g/mol. The van der Waals surface area contributed by atoms with E-state index >= 15 is 0 Å². The van der Waals surface area contributed by atoms with E-state index in [0.29, 0.717) is 5.56 Å². The SMILES string of the molecule is CC(NC(N)=O)(C(=O)O)c1ccccc1. The average molecular weight is 208 g/mol. The largest absolute Gasteiger partial charge is 0.479 e. The first-order valence-corrected chi connectivity index (χ1v) is 4.33. The highest BCUT2D eigenvalue weighted by Crippen LogP contribution is 2.20. The van der Waals surface area contributed by atoms with Gasteiger partial charge in [0.2, 0.25) is 0 Å². The second-order valence-electron chi connectivity index (χ2n) is 3.29. The van der Waals surface area contributed by atoms with Crippen molar-refractivity contribution in [2.45, 2.75) is 12.5 Å². The molecule has 0 saturated carbocycles. The van der Waals surface area contributed by atoms with Gasteiger partial charge in [-0.05, 0) is 12.5 Å². The Balaban J connectivity index is 3.13. The van der Waals surface area contributed by atoms with Gasteiger partial charge >= 0.3 is 12.0 Å². The van der Waals surface area contributed by atoms with Crippen LogP contribution in [0.1, 0.15) is 12.5 Å². The van der Waals surface area contributed by atoms with Crippen molar-refractivity contribution in [2.75, 3.05) is 0 Å². The standard InChI is InChI=1S/C10H12N2O3/c1-10(8(13)14,12-9(11)15)7-5-3-2-4-6-7/h2-6H,1H3,(H,13,14)(H3,11,12,15). The van der Waals surface area contributed by atoms with Crippen LogP contribution in [0.2, 0.25) is 0 Å². The number of hydrogen-bond donors (Lipinski definition) is 3. The van der Waals surface area contributed by atoms with Gasteiger partial charge in [-0.1, -0.05) is 30.3 Å². The Bertz CT molecular complexity index is 378. The van der Waals surface area contributed by atoms with Crippen LogP contribution >= 0.6 is 0 Å². The Morgan fingerprint density at radius 1 is 1.33 bits per heavy atom. The maximum absolute atomic E-state index is 11.1. The molecule has 15 heavy (non-hydrogen) atoms. The van der Waals surface area contributed by atoms with Gasteiger partial charge in [0.15, 0.2) is 5.54 Å². The van der Waals surface area contributed by atoms with Gasteiger partial charge in [0.1, 0.15) is 0 Å². The number of amides is 2. The molecule has 0 spiro atoms. The van der Waals surface area contributed by atoms with Gasteiger partial charge < -0.3 is 16.2 Å².